The number of carbonyl (C=O) groups is 2. The van der Waals surface area contributed by atoms with E-state index in [1.54, 1.807) is 0 Å². The number of hydrogen-bond donors (Lipinski definition) is 2. The summed E-state index contributed by atoms with van der Waals surface area (Å²) in [6.45, 7) is 5.18. The summed E-state index contributed by atoms with van der Waals surface area (Å²) in [5.41, 5.74) is 3.60. The minimum atomic E-state index is -0.261. The molecule has 0 aliphatic carbocycles. The molecule has 0 saturated carbocycles. The van der Waals surface area contributed by atoms with Crippen LogP contribution in [0, 0.1) is 13.8 Å². The zero-order valence-electron chi connectivity index (χ0n) is 17.6. The van der Waals surface area contributed by atoms with E-state index in [4.69, 9.17) is 0 Å². The molecule has 8 heteroatoms. The smallest absolute Gasteiger partial charge is 0.321 e. The van der Waals surface area contributed by atoms with Gasteiger partial charge in [0, 0.05) is 30.4 Å². The van der Waals surface area contributed by atoms with Crippen LogP contribution in [0.25, 0.3) is 0 Å². The van der Waals surface area contributed by atoms with Gasteiger partial charge in [-0.3, -0.25) is 4.79 Å². The van der Waals surface area contributed by atoms with Crippen LogP contribution in [-0.4, -0.2) is 40.1 Å². The SMILES string of the molecule is Cc1ccccc1NC(=O)c1nnc(C2CCCN(C(=O)Nc3ccccc3C)C2)s1. The highest BCUT2D eigenvalue weighted by Gasteiger charge is 2.28. The van der Waals surface area contributed by atoms with Crippen LogP contribution in [-0.2, 0) is 0 Å². The lowest BCUT2D eigenvalue weighted by Gasteiger charge is -2.31. The minimum Gasteiger partial charge on any atom is -0.324 e. The third-order valence-electron chi connectivity index (χ3n) is 5.47. The molecular formula is C23H25N5O2S. The summed E-state index contributed by atoms with van der Waals surface area (Å²) in [7, 11) is 0. The minimum absolute atomic E-state index is 0.0777. The fourth-order valence-electron chi connectivity index (χ4n) is 3.65. The maximum atomic E-state index is 12.8. The van der Waals surface area contributed by atoms with Gasteiger partial charge >= 0.3 is 6.03 Å². The van der Waals surface area contributed by atoms with Gasteiger partial charge in [0.1, 0.15) is 5.01 Å². The van der Waals surface area contributed by atoms with Gasteiger partial charge in [0.25, 0.3) is 5.91 Å². The molecule has 3 amide bonds. The Balaban J connectivity index is 1.40. The topological polar surface area (TPSA) is 87.2 Å². The number of benzene rings is 2. The predicted molar refractivity (Wildman–Crippen MR) is 123 cm³/mol. The second-order valence-electron chi connectivity index (χ2n) is 7.74. The zero-order valence-corrected chi connectivity index (χ0v) is 18.4. The van der Waals surface area contributed by atoms with Gasteiger partial charge in [0.2, 0.25) is 5.01 Å². The van der Waals surface area contributed by atoms with E-state index >= 15 is 0 Å². The van der Waals surface area contributed by atoms with Crippen LogP contribution in [0.4, 0.5) is 16.2 Å². The van der Waals surface area contributed by atoms with Crippen LogP contribution in [0.2, 0.25) is 0 Å². The Morgan fingerprint density at radius 3 is 2.29 bits per heavy atom. The number of aromatic nitrogens is 2. The summed E-state index contributed by atoms with van der Waals surface area (Å²) in [5.74, 6) is -0.183. The number of piperidine rings is 1. The Morgan fingerprint density at radius 1 is 0.968 bits per heavy atom. The number of carbonyl (C=O) groups excluding carboxylic acids is 2. The number of hydrogen-bond acceptors (Lipinski definition) is 5. The van der Waals surface area contributed by atoms with E-state index in [2.05, 4.69) is 20.8 Å². The highest BCUT2D eigenvalue weighted by molar-refractivity contribution is 7.13. The fourth-order valence-corrected chi connectivity index (χ4v) is 4.52. The lowest BCUT2D eigenvalue weighted by Crippen LogP contribution is -2.41. The lowest BCUT2D eigenvalue weighted by atomic mass is 9.99. The second kappa shape index (κ2) is 9.26. The van der Waals surface area contributed by atoms with Gasteiger partial charge in [-0.15, -0.1) is 10.2 Å². The van der Waals surface area contributed by atoms with Crippen LogP contribution in [0.15, 0.2) is 48.5 Å². The standard InChI is InChI=1S/C23H25N5O2S/c1-15-8-3-5-11-18(15)24-20(29)22-27-26-21(31-22)17-10-7-13-28(14-17)23(30)25-19-12-6-4-9-16(19)2/h3-6,8-9,11-12,17H,7,10,13-14H2,1-2H3,(H,24,29)(H,25,30). The first-order valence-electron chi connectivity index (χ1n) is 10.3. The molecular weight excluding hydrogens is 410 g/mol. The van der Waals surface area contributed by atoms with Crippen LogP contribution >= 0.6 is 11.3 Å². The summed E-state index contributed by atoms with van der Waals surface area (Å²) in [6.07, 6.45) is 1.80. The molecule has 0 spiro atoms. The molecule has 2 N–H and O–H groups in total. The molecule has 3 aromatic rings. The van der Waals surface area contributed by atoms with Crippen LogP contribution in [0.3, 0.4) is 0 Å². The number of rotatable bonds is 4. The fraction of sp³-hybridized carbons (Fsp3) is 0.304. The Labute approximate surface area is 185 Å². The number of nitrogens with one attached hydrogen (secondary N) is 2. The van der Waals surface area contributed by atoms with Crippen molar-refractivity contribution >= 4 is 34.6 Å². The van der Waals surface area contributed by atoms with Crippen molar-refractivity contribution in [3.63, 3.8) is 0 Å². The first-order chi connectivity index (χ1) is 15.0. The molecule has 2 aromatic carbocycles. The third-order valence-corrected chi connectivity index (χ3v) is 6.56. The second-order valence-corrected chi connectivity index (χ2v) is 8.75. The van der Waals surface area contributed by atoms with Gasteiger partial charge < -0.3 is 15.5 Å². The molecule has 1 unspecified atom stereocenters. The van der Waals surface area contributed by atoms with Gasteiger partial charge in [0.15, 0.2) is 0 Å². The maximum Gasteiger partial charge on any atom is 0.321 e. The van der Waals surface area contributed by atoms with E-state index in [-0.39, 0.29) is 17.9 Å². The normalized spacial score (nSPS) is 16.1. The molecule has 0 bridgehead atoms. The van der Waals surface area contributed by atoms with Gasteiger partial charge in [0.05, 0.1) is 0 Å². The van der Waals surface area contributed by atoms with Crippen molar-refractivity contribution in [2.24, 2.45) is 0 Å². The van der Waals surface area contributed by atoms with Gasteiger partial charge in [-0.25, -0.2) is 4.79 Å². The Hall–Kier alpha value is -3.26. The van der Waals surface area contributed by atoms with E-state index in [0.717, 1.165) is 40.4 Å². The van der Waals surface area contributed by atoms with E-state index in [1.807, 2.05) is 67.3 Å². The molecule has 0 radical (unpaired) electrons. The summed E-state index contributed by atoms with van der Waals surface area (Å²) >= 11 is 1.30. The molecule has 7 nitrogen and oxygen atoms in total. The largest absolute Gasteiger partial charge is 0.324 e. The molecule has 160 valence electrons. The monoisotopic (exact) mass is 435 g/mol. The van der Waals surface area contributed by atoms with E-state index in [9.17, 15) is 9.59 Å². The number of anilines is 2. The Kier molecular flexibility index (Phi) is 6.27. The lowest BCUT2D eigenvalue weighted by molar-refractivity contribution is 0.102. The first-order valence-corrected chi connectivity index (χ1v) is 11.1. The van der Waals surface area contributed by atoms with Crippen molar-refractivity contribution in [1.29, 1.82) is 0 Å². The molecule has 1 aliphatic rings. The molecule has 1 aliphatic heterocycles. The molecule has 1 aromatic heterocycles. The average Bonchev–Trinajstić information content (AvgIpc) is 3.28. The zero-order chi connectivity index (χ0) is 21.8. The van der Waals surface area contributed by atoms with Crippen molar-refractivity contribution in [3.8, 4) is 0 Å². The van der Waals surface area contributed by atoms with Gasteiger partial charge in [-0.2, -0.15) is 0 Å². The van der Waals surface area contributed by atoms with Gasteiger partial charge in [-0.05, 0) is 49.9 Å². The summed E-state index contributed by atoms with van der Waals surface area (Å²) in [4.78, 5) is 27.2. The third kappa shape index (κ3) is 4.91. The highest BCUT2D eigenvalue weighted by Crippen LogP contribution is 2.30. The number of aryl methyl sites for hydroxylation is 2. The maximum absolute atomic E-state index is 12.8. The number of likely N-dealkylation sites (tertiary alicyclic amines) is 1. The van der Waals surface area contributed by atoms with Crippen LogP contribution in [0.1, 0.15) is 44.7 Å². The molecule has 1 fully saturated rings. The van der Waals surface area contributed by atoms with Gasteiger partial charge in [-0.1, -0.05) is 47.7 Å². The van der Waals surface area contributed by atoms with E-state index in [1.165, 1.54) is 11.3 Å². The van der Waals surface area contributed by atoms with E-state index in [0.29, 0.717) is 18.1 Å². The molecule has 1 saturated heterocycles. The Bertz CT molecular complexity index is 1100. The molecule has 31 heavy (non-hydrogen) atoms. The number of amides is 3. The average molecular weight is 436 g/mol. The molecule has 4 rings (SSSR count). The number of urea groups is 1. The van der Waals surface area contributed by atoms with Crippen molar-refractivity contribution < 1.29 is 9.59 Å². The summed E-state index contributed by atoms with van der Waals surface area (Å²) in [6, 6.07) is 15.2. The van der Waals surface area contributed by atoms with Crippen molar-refractivity contribution in [2.75, 3.05) is 23.7 Å². The quantitative estimate of drug-likeness (QED) is 0.615. The van der Waals surface area contributed by atoms with E-state index < -0.39 is 0 Å². The van der Waals surface area contributed by atoms with Crippen LogP contribution in [0.5, 0.6) is 0 Å². The summed E-state index contributed by atoms with van der Waals surface area (Å²) in [5, 5.41) is 15.4. The summed E-state index contributed by atoms with van der Waals surface area (Å²) < 4.78 is 0. The van der Waals surface area contributed by atoms with Crippen molar-refractivity contribution in [3.05, 3.63) is 69.7 Å². The highest BCUT2D eigenvalue weighted by atomic mass is 32.1. The number of para-hydroxylation sites is 2. The molecule has 2 heterocycles. The number of nitrogens with zero attached hydrogens (tertiary/aromatic N) is 3. The van der Waals surface area contributed by atoms with Crippen LogP contribution < -0.4 is 10.6 Å². The van der Waals surface area contributed by atoms with Crippen molar-refractivity contribution in [1.82, 2.24) is 15.1 Å². The van der Waals surface area contributed by atoms with Crippen molar-refractivity contribution in [2.45, 2.75) is 32.6 Å². The Morgan fingerprint density at radius 2 is 1.61 bits per heavy atom. The first kappa shape index (κ1) is 21.0. The predicted octanol–water partition coefficient (Wildman–Crippen LogP) is 4.82. The molecule has 1 atom stereocenters.